The van der Waals surface area contributed by atoms with Crippen molar-refractivity contribution in [2.24, 2.45) is 0 Å². The van der Waals surface area contributed by atoms with Crippen molar-refractivity contribution in [1.29, 1.82) is 0 Å². The molecule has 0 fully saturated rings. The Kier molecular flexibility index (Phi) is 3.11. The second-order valence-electron chi connectivity index (χ2n) is 2.62. The van der Waals surface area contributed by atoms with Gasteiger partial charge in [0.25, 0.3) is 0 Å². The average molecular weight is 154 g/mol. The van der Waals surface area contributed by atoms with Crippen molar-refractivity contribution in [2.75, 3.05) is 13.7 Å². The van der Waals surface area contributed by atoms with Gasteiger partial charge in [0.05, 0.1) is 6.04 Å². The van der Waals surface area contributed by atoms with Gasteiger partial charge in [-0.15, -0.1) is 0 Å². The van der Waals surface area contributed by atoms with E-state index in [1.54, 1.807) is 13.3 Å². The molecule has 0 aliphatic carbocycles. The Labute approximate surface area is 67.0 Å². The summed E-state index contributed by atoms with van der Waals surface area (Å²) in [4.78, 5) is 0. The minimum absolute atomic E-state index is 0.435. The first kappa shape index (κ1) is 8.27. The molecule has 1 rings (SSSR count). The third-order valence-electron chi connectivity index (χ3n) is 1.72. The molecule has 1 aromatic rings. The van der Waals surface area contributed by atoms with Crippen molar-refractivity contribution >= 4 is 0 Å². The molecule has 0 bridgehead atoms. The quantitative estimate of drug-likeness (QED) is 0.656. The Bertz CT molecular complexity index is 184. The van der Waals surface area contributed by atoms with Crippen molar-refractivity contribution < 1.29 is 4.74 Å². The maximum atomic E-state index is 4.97. The standard InChI is InChI=1S/C8H14N2O/c1-8(4-7-11-2)10-6-3-5-9-10/h3,5-6,8H,4,7H2,1-2H3. The van der Waals surface area contributed by atoms with Crippen LogP contribution >= 0.6 is 0 Å². The van der Waals surface area contributed by atoms with Gasteiger partial charge in [0.2, 0.25) is 0 Å². The molecule has 0 saturated heterocycles. The fraction of sp³-hybridized carbons (Fsp3) is 0.625. The lowest BCUT2D eigenvalue weighted by Gasteiger charge is -2.10. The first-order valence-electron chi connectivity index (χ1n) is 3.82. The molecule has 1 atom stereocenters. The van der Waals surface area contributed by atoms with E-state index in [4.69, 9.17) is 4.74 Å². The summed E-state index contributed by atoms with van der Waals surface area (Å²) < 4.78 is 6.91. The fourth-order valence-corrected chi connectivity index (χ4v) is 0.962. The van der Waals surface area contributed by atoms with Gasteiger partial charge in [-0.2, -0.15) is 5.10 Å². The summed E-state index contributed by atoms with van der Waals surface area (Å²) in [7, 11) is 1.72. The van der Waals surface area contributed by atoms with Crippen LogP contribution in [0.1, 0.15) is 19.4 Å². The van der Waals surface area contributed by atoms with Crippen LogP contribution in [0.4, 0.5) is 0 Å². The number of methoxy groups -OCH3 is 1. The zero-order valence-corrected chi connectivity index (χ0v) is 7.03. The van der Waals surface area contributed by atoms with Crippen molar-refractivity contribution in [2.45, 2.75) is 19.4 Å². The van der Waals surface area contributed by atoms with E-state index in [-0.39, 0.29) is 0 Å². The number of nitrogens with zero attached hydrogens (tertiary/aromatic N) is 2. The lowest BCUT2D eigenvalue weighted by atomic mass is 10.2. The predicted octanol–water partition coefficient (Wildman–Crippen LogP) is 1.48. The van der Waals surface area contributed by atoms with E-state index in [0.717, 1.165) is 13.0 Å². The van der Waals surface area contributed by atoms with Crippen LogP contribution in [-0.4, -0.2) is 23.5 Å². The Morgan fingerprint density at radius 2 is 2.45 bits per heavy atom. The predicted molar refractivity (Wildman–Crippen MR) is 43.4 cm³/mol. The third kappa shape index (κ3) is 2.35. The highest BCUT2D eigenvalue weighted by atomic mass is 16.5. The van der Waals surface area contributed by atoms with E-state index in [9.17, 15) is 0 Å². The first-order chi connectivity index (χ1) is 5.34. The topological polar surface area (TPSA) is 27.1 Å². The number of rotatable bonds is 4. The highest BCUT2D eigenvalue weighted by Crippen LogP contribution is 2.07. The number of ether oxygens (including phenoxy) is 1. The van der Waals surface area contributed by atoms with E-state index in [2.05, 4.69) is 12.0 Å². The van der Waals surface area contributed by atoms with Gasteiger partial charge >= 0.3 is 0 Å². The van der Waals surface area contributed by atoms with Gasteiger partial charge in [0, 0.05) is 26.1 Å². The maximum Gasteiger partial charge on any atom is 0.0512 e. The van der Waals surface area contributed by atoms with E-state index in [1.807, 2.05) is 16.9 Å². The minimum Gasteiger partial charge on any atom is -0.385 e. The Morgan fingerprint density at radius 1 is 1.64 bits per heavy atom. The van der Waals surface area contributed by atoms with Crippen LogP contribution in [0.5, 0.6) is 0 Å². The lowest BCUT2D eigenvalue weighted by molar-refractivity contribution is 0.178. The molecule has 0 aliphatic heterocycles. The normalized spacial score (nSPS) is 13.3. The highest BCUT2D eigenvalue weighted by molar-refractivity contribution is 4.80. The SMILES string of the molecule is COCCC(C)n1cccn1. The van der Waals surface area contributed by atoms with Gasteiger partial charge < -0.3 is 4.74 Å². The second-order valence-corrected chi connectivity index (χ2v) is 2.62. The summed E-state index contributed by atoms with van der Waals surface area (Å²) in [5.74, 6) is 0. The molecule has 11 heavy (non-hydrogen) atoms. The summed E-state index contributed by atoms with van der Waals surface area (Å²) in [6.45, 7) is 2.92. The van der Waals surface area contributed by atoms with Crippen molar-refractivity contribution in [3.63, 3.8) is 0 Å². The molecule has 1 aromatic heterocycles. The largest absolute Gasteiger partial charge is 0.385 e. The van der Waals surface area contributed by atoms with E-state index in [0.29, 0.717) is 6.04 Å². The molecule has 0 radical (unpaired) electrons. The molecular formula is C8H14N2O. The van der Waals surface area contributed by atoms with Crippen LogP contribution in [0.15, 0.2) is 18.5 Å². The average Bonchev–Trinajstić information content (AvgIpc) is 2.52. The molecule has 0 aromatic carbocycles. The molecule has 62 valence electrons. The van der Waals surface area contributed by atoms with Crippen molar-refractivity contribution in [3.05, 3.63) is 18.5 Å². The molecule has 0 N–H and O–H groups in total. The fourth-order valence-electron chi connectivity index (χ4n) is 0.962. The molecule has 1 unspecified atom stereocenters. The Hall–Kier alpha value is -0.830. The molecular weight excluding hydrogens is 140 g/mol. The van der Waals surface area contributed by atoms with E-state index in [1.165, 1.54) is 0 Å². The van der Waals surface area contributed by atoms with Crippen molar-refractivity contribution in [3.8, 4) is 0 Å². The van der Waals surface area contributed by atoms with Gasteiger partial charge in [-0.3, -0.25) is 4.68 Å². The summed E-state index contributed by atoms with van der Waals surface area (Å²) >= 11 is 0. The number of hydrogen-bond donors (Lipinski definition) is 0. The van der Waals surface area contributed by atoms with Gasteiger partial charge in [-0.25, -0.2) is 0 Å². The number of hydrogen-bond acceptors (Lipinski definition) is 2. The van der Waals surface area contributed by atoms with E-state index >= 15 is 0 Å². The van der Waals surface area contributed by atoms with Crippen LogP contribution in [0.2, 0.25) is 0 Å². The van der Waals surface area contributed by atoms with Gasteiger partial charge in [0.15, 0.2) is 0 Å². The van der Waals surface area contributed by atoms with Crippen LogP contribution in [0.25, 0.3) is 0 Å². The van der Waals surface area contributed by atoms with Gasteiger partial charge in [-0.1, -0.05) is 0 Å². The first-order valence-corrected chi connectivity index (χ1v) is 3.82. The van der Waals surface area contributed by atoms with Gasteiger partial charge in [0.1, 0.15) is 0 Å². The maximum absolute atomic E-state index is 4.97. The molecule has 1 heterocycles. The Morgan fingerprint density at radius 3 is 3.00 bits per heavy atom. The third-order valence-corrected chi connectivity index (χ3v) is 1.72. The lowest BCUT2D eigenvalue weighted by Crippen LogP contribution is -2.07. The summed E-state index contributed by atoms with van der Waals surface area (Å²) in [6.07, 6.45) is 4.78. The number of aromatic nitrogens is 2. The minimum atomic E-state index is 0.435. The zero-order valence-electron chi connectivity index (χ0n) is 7.03. The van der Waals surface area contributed by atoms with Crippen molar-refractivity contribution in [1.82, 2.24) is 9.78 Å². The van der Waals surface area contributed by atoms with Gasteiger partial charge in [-0.05, 0) is 19.4 Å². The molecule has 0 spiro atoms. The highest BCUT2D eigenvalue weighted by Gasteiger charge is 2.02. The molecule has 0 aliphatic rings. The molecule has 3 nitrogen and oxygen atoms in total. The summed E-state index contributed by atoms with van der Waals surface area (Å²) in [5.41, 5.74) is 0. The summed E-state index contributed by atoms with van der Waals surface area (Å²) in [5, 5.41) is 4.13. The molecule has 0 saturated carbocycles. The smallest absolute Gasteiger partial charge is 0.0512 e. The van der Waals surface area contributed by atoms with E-state index < -0.39 is 0 Å². The zero-order chi connectivity index (χ0) is 8.10. The second kappa shape index (κ2) is 4.13. The Balaban J connectivity index is 2.36. The van der Waals surface area contributed by atoms with Crippen LogP contribution in [0, 0.1) is 0 Å². The molecule has 3 heteroatoms. The monoisotopic (exact) mass is 154 g/mol. The van der Waals surface area contributed by atoms with Crippen LogP contribution in [0.3, 0.4) is 0 Å². The van der Waals surface area contributed by atoms with Crippen LogP contribution < -0.4 is 0 Å². The molecule has 0 amide bonds. The van der Waals surface area contributed by atoms with Crippen LogP contribution in [-0.2, 0) is 4.74 Å². The summed E-state index contributed by atoms with van der Waals surface area (Å²) in [6, 6.07) is 2.37.